The predicted octanol–water partition coefficient (Wildman–Crippen LogP) is 2.77. The Labute approximate surface area is 99.0 Å². The molecule has 0 unspecified atom stereocenters. The number of hydrogen-bond acceptors (Lipinski definition) is 2. The van der Waals surface area contributed by atoms with E-state index in [1.807, 2.05) is 0 Å². The van der Waals surface area contributed by atoms with Crippen molar-refractivity contribution in [3.63, 3.8) is 0 Å². The number of benzene rings is 1. The molecule has 0 radical (unpaired) electrons. The Balaban J connectivity index is 2.21. The Kier molecular flexibility index (Phi) is 6.86. The van der Waals surface area contributed by atoms with Gasteiger partial charge in [-0.3, -0.25) is 0 Å². The minimum Gasteiger partial charge on any atom is -0.380 e. The van der Waals surface area contributed by atoms with E-state index in [0.29, 0.717) is 0 Å². The van der Waals surface area contributed by atoms with Crippen LogP contribution in [-0.4, -0.2) is 19.8 Å². The molecule has 0 amide bonds. The summed E-state index contributed by atoms with van der Waals surface area (Å²) in [4.78, 5) is 0. The van der Waals surface area contributed by atoms with Gasteiger partial charge in [-0.15, -0.1) is 0 Å². The van der Waals surface area contributed by atoms with Crippen molar-refractivity contribution in [3.8, 4) is 0 Å². The molecule has 16 heavy (non-hydrogen) atoms. The second-order valence-corrected chi connectivity index (χ2v) is 3.91. The maximum atomic E-state index is 5.41. The van der Waals surface area contributed by atoms with Crippen LogP contribution in [0.2, 0.25) is 0 Å². The second kappa shape index (κ2) is 8.31. The molecule has 0 fully saturated rings. The maximum absolute atomic E-state index is 5.41. The van der Waals surface area contributed by atoms with E-state index in [-0.39, 0.29) is 0 Å². The highest BCUT2D eigenvalue weighted by molar-refractivity contribution is 5.26. The van der Waals surface area contributed by atoms with Gasteiger partial charge < -0.3 is 10.1 Å². The summed E-state index contributed by atoms with van der Waals surface area (Å²) in [6.07, 6.45) is 2.20. The normalized spacial score (nSPS) is 10.6. The molecule has 0 heterocycles. The second-order valence-electron chi connectivity index (χ2n) is 3.91. The van der Waals surface area contributed by atoms with Gasteiger partial charge in [-0.25, -0.2) is 0 Å². The van der Waals surface area contributed by atoms with Gasteiger partial charge in [0, 0.05) is 19.7 Å². The summed E-state index contributed by atoms with van der Waals surface area (Å²) in [6.45, 7) is 7.88. The monoisotopic (exact) mass is 221 g/mol. The summed E-state index contributed by atoms with van der Waals surface area (Å²) < 4.78 is 5.41. The first-order valence-electron chi connectivity index (χ1n) is 6.23. The van der Waals surface area contributed by atoms with Crippen molar-refractivity contribution in [3.05, 3.63) is 35.4 Å². The molecule has 0 saturated carbocycles. The highest BCUT2D eigenvalue weighted by Gasteiger charge is 1.98. The molecule has 1 aromatic rings. The fourth-order valence-electron chi connectivity index (χ4n) is 1.69. The topological polar surface area (TPSA) is 21.3 Å². The van der Waals surface area contributed by atoms with E-state index in [0.717, 1.165) is 39.1 Å². The van der Waals surface area contributed by atoms with Crippen LogP contribution in [0, 0.1) is 0 Å². The van der Waals surface area contributed by atoms with Crippen LogP contribution in [0.5, 0.6) is 0 Å². The average Bonchev–Trinajstić information content (AvgIpc) is 2.34. The Morgan fingerprint density at radius 3 is 2.50 bits per heavy atom. The SMILES string of the molecule is CCCOCCNCc1ccccc1CC. The quantitative estimate of drug-likeness (QED) is 0.682. The number of ether oxygens (including phenoxy) is 1. The van der Waals surface area contributed by atoms with E-state index in [9.17, 15) is 0 Å². The lowest BCUT2D eigenvalue weighted by atomic mass is 10.1. The molecular weight excluding hydrogens is 198 g/mol. The van der Waals surface area contributed by atoms with E-state index < -0.39 is 0 Å². The first kappa shape index (κ1) is 13.2. The minimum atomic E-state index is 0.808. The van der Waals surface area contributed by atoms with Crippen molar-refractivity contribution in [1.82, 2.24) is 5.32 Å². The highest BCUT2D eigenvalue weighted by Crippen LogP contribution is 2.08. The molecule has 1 N–H and O–H groups in total. The van der Waals surface area contributed by atoms with Crippen molar-refractivity contribution in [1.29, 1.82) is 0 Å². The third kappa shape index (κ3) is 4.77. The van der Waals surface area contributed by atoms with E-state index in [1.165, 1.54) is 11.1 Å². The molecule has 0 aliphatic carbocycles. The van der Waals surface area contributed by atoms with Crippen molar-refractivity contribution in [2.24, 2.45) is 0 Å². The van der Waals surface area contributed by atoms with Crippen LogP contribution in [0.25, 0.3) is 0 Å². The number of hydrogen-bond donors (Lipinski definition) is 1. The summed E-state index contributed by atoms with van der Waals surface area (Å²) in [5.41, 5.74) is 2.84. The standard InChI is InChI=1S/C14H23NO/c1-3-10-16-11-9-15-12-14-8-6-5-7-13(14)4-2/h5-8,15H,3-4,9-12H2,1-2H3. The summed E-state index contributed by atoms with van der Waals surface area (Å²) in [7, 11) is 0. The van der Waals surface area contributed by atoms with Crippen molar-refractivity contribution in [2.45, 2.75) is 33.2 Å². The van der Waals surface area contributed by atoms with Crippen LogP contribution in [0.4, 0.5) is 0 Å². The van der Waals surface area contributed by atoms with Gasteiger partial charge in [-0.2, -0.15) is 0 Å². The largest absolute Gasteiger partial charge is 0.380 e. The third-order valence-electron chi connectivity index (χ3n) is 2.59. The van der Waals surface area contributed by atoms with E-state index in [4.69, 9.17) is 4.74 Å². The molecule has 0 aliphatic rings. The minimum absolute atomic E-state index is 0.808. The first-order valence-corrected chi connectivity index (χ1v) is 6.23. The molecule has 2 heteroatoms. The summed E-state index contributed by atoms with van der Waals surface area (Å²) in [6, 6.07) is 8.60. The molecular formula is C14H23NO. The van der Waals surface area contributed by atoms with Crippen LogP contribution in [0.1, 0.15) is 31.4 Å². The van der Waals surface area contributed by atoms with E-state index in [1.54, 1.807) is 0 Å². The van der Waals surface area contributed by atoms with Crippen LogP contribution in [-0.2, 0) is 17.7 Å². The predicted molar refractivity (Wildman–Crippen MR) is 68.6 cm³/mol. The van der Waals surface area contributed by atoms with Crippen LogP contribution in [0.3, 0.4) is 0 Å². The lowest BCUT2D eigenvalue weighted by molar-refractivity contribution is 0.136. The van der Waals surface area contributed by atoms with Gasteiger partial charge in [0.1, 0.15) is 0 Å². The molecule has 1 rings (SSSR count). The zero-order chi connectivity index (χ0) is 11.6. The number of rotatable bonds is 8. The molecule has 1 aromatic carbocycles. The van der Waals surface area contributed by atoms with Crippen LogP contribution >= 0.6 is 0 Å². The fourth-order valence-corrected chi connectivity index (χ4v) is 1.69. The van der Waals surface area contributed by atoms with Crippen molar-refractivity contribution >= 4 is 0 Å². The lowest BCUT2D eigenvalue weighted by Crippen LogP contribution is -2.20. The average molecular weight is 221 g/mol. The number of aryl methyl sites for hydroxylation is 1. The number of nitrogens with one attached hydrogen (secondary N) is 1. The summed E-state index contributed by atoms with van der Waals surface area (Å²) in [5.74, 6) is 0. The molecule has 90 valence electrons. The van der Waals surface area contributed by atoms with Gasteiger partial charge in [0.25, 0.3) is 0 Å². The lowest BCUT2D eigenvalue weighted by Gasteiger charge is -2.09. The molecule has 0 aromatic heterocycles. The molecule has 2 nitrogen and oxygen atoms in total. The molecule has 0 aliphatic heterocycles. The van der Waals surface area contributed by atoms with Gasteiger partial charge in [-0.1, -0.05) is 38.1 Å². The van der Waals surface area contributed by atoms with Crippen LogP contribution in [0.15, 0.2) is 24.3 Å². The van der Waals surface area contributed by atoms with Crippen molar-refractivity contribution in [2.75, 3.05) is 19.8 Å². The fraction of sp³-hybridized carbons (Fsp3) is 0.571. The summed E-state index contributed by atoms with van der Waals surface area (Å²) in [5, 5.41) is 3.41. The van der Waals surface area contributed by atoms with Gasteiger partial charge in [-0.05, 0) is 24.0 Å². The third-order valence-corrected chi connectivity index (χ3v) is 2.59. The van der Waals surface area contributed by atoms with Crippen molar-refractivity contribution < 1.29 is 4.74 Å². The zero-order valence-electron chi connectivity index (χ0n) is 10.5. The molecule has 0 spiro atoms. The molecule has 0 bridgehead atoms. The maximum Gasteiger partial charge on any atom is 0.0591 e. The Bertz CT molecular complexity index is 286. The molecule has 0 saturated heterocycles. The van der Waals surface area contributed by atoms with Crippen LogP contribution < -0.4 is 5.32 Å². The summed E-state index contributed by atoms with van der Waals surface area (Å²) >= 11 is 0. The molecule has 0 atom stereocenters. The Morgan fingerprint density at radius 1 is 1.06 bits per heavy atom. The van der Waals surface area contributed by atoms with Gasteiger partial charge >= 0.3 is 0 Å². The van der Waals surface area contributed by atoms with Gasteiger partial charge in [0.05, 0.1) is 6.61 Å². The first-order chi connectivity index (χ1) is 7.88. The van der Waals surface area contributed by atoms with E-state index >= 15 is 0 Å². The highest BCUT2D eigenvalue weighted by atomic mass is 16.5. The van der Waals surface area contributed by atoms with Gasteiger partial charge in [0.2, 0.25) is 0 Å². The van der Waals surface area contributed by atoms with Gasteiger partial charge in [0.15, 0.2) is 0 Å². The van der Waals surface area contributed by atoms with E-state index in [2.05, 4.69) is 43.4 Å². The Morgan fingerprint density at radius 2 is 1.81 bits per heavy atom. The smallest absolute Gasteiger partial charge is 0.0591 e. The Hall–Kier alpha value is -0.860. The zero-order valence-corrected chi connectivity index (χ0v) is 10.5.